The smallest absolute Gasteiger partial charge is 0.120 e. The SMILES string of the molecule is C=CCC(C)(C)Oc1ccccc1.CC1CCCC1.CCCc1ccccc1O. The van der Waals surface area contributed by atoms with Crippen molar-refractivity contribution in [3.8, 4) is 11.5 Å². The molecule has 29 heavy (non-hydrogen) atoms. The first-order chi connectivity index (χ1) is 13.9. The van der Waals surface area contributed by atoms with Gasteiger partial charge in [-0.05, 0) is 49.9 Å². The van der Waals surface area contributed by atoms with E-state index < -0.39 is 0 Å². The molecule has 1 fully saturated rings. The summed E-state index contributed by atoms with van der Waals surface area (Å²) in [5, 5.41) is 9.24. The minimum Gasteiger partial charge on any atom is -0.508 e. The lowest BCUT2D eigenvalue weighted by Gasteiger charge is -2.24. The van der Waals surface area contributed by atoms with Crippen LogP contribution in [0.3, 0.4) is 0 Å². The molecule has 0 heterocycles. The number of aromatic hydroxyl groups is 1. The van der Waals surface area contributed by atoms with Crippen LogP contribution in [0.5, 0.6) is 11.5 Å². The Morgan fingerprint density at radius 1 is 1.03 bits per heavy atom. The molecule has 0 spiro atoms. The summed E-state index contributed by atoms with van der Waals surface area (Å²) in [6, 6.07) is 17.3. The molecular weight excluding hydrogens is 356 g/mol. The predicted molar refractivity (Wildman–Crippen MR) is 126 cm³/mol. The van der Waals surface area contributed by atoms with Gasteiger partial charge in [0.15, 0.2) is 0 Å². The molecule has 0 radical (unpaired) electrons. The molecule has 160 valence electrons. The van der Waals surface area contributed by atoms with Crippen molar-refractivity contribution >= 4 is 0 Å². The first-order valence-electron chi connectivity index (χ1n) is 11.0. The van der Waals surface area contributed by atoms with Crippen molar-refractivity contribution in [1.29, 1.82) is 0 Å². The Morgan fingerprint density at radius 3 is 2.10 bits per heavy atom. The number of para-hydroxylation sites is 2. The molecule has 1 aliphatic rings. The van der Waals surface area contributed by atoms with E-state index in [0.29, 0.717) is 5.75 Å². The van der Waals surface area contributed by atoms with Crippen LogP contribution in [0.15, 0.2) is 67.3 Å². The number of benzene rings is 2. The molecule has 1 aliphatic carbocycles. The molecule has 3 rings (SSSR count). The largest absolute Gasteiger partial charge is 0.508 e. The van der Waals surface area contributed by atoms with Gasteiger partial charge in [-0.2, -0.15) is 0 Å². The summed E-state index contributed by atoms with van der Waals surface area (Å²) in [4.78, 5) is 0. The Balaban J connectivity index is 0.000000232. The summed E-state index contributed by atoms with van der Waals surface area (Å²) in [6.07, 6.45) is 10.7. The third kappa shape index (κ3) is 11.4. The van der Waals surface area contributed by atoms with Gasteiger partial charge in [0.1, 0.15) is 17.1 Å². The Morgan fingerprint density at radius 2 is 1.62 bits per heavy atom. The molecule has 2 aromatic carbocycles. The number of phenols is 1. The van der Waals surface area contributed by atoms with Gasteiger partial charge in [0.2, 0.25) is 0 Å². The summed E-state index contributed by atoms with van der Waals surface area (Å²) in [5.74, 6) is 2.38. The summed E-state index contributed by atoms with van der Waals surface area (Å²) in [7, 11) is 0. The third-order valence-corrected chi connectivity index (χ3v) is 4.93. The normalized spacial score (nSPS) is 13.5. The van der Waals surface area contributed by atoms with Crippen molar-refractivity contribution in [2.45, 2.75) is 78.2 Å². The second-order valence-corrected chi connectivity index (χ2v) is 8.44. The molecule has 1 saturated carbocycles. The molecule has 2 heteroatoms. The zero-order chi connectivity index (χ0) is 21.5. The van der Waals surface area contributed by atoms with Gasteiger partial charge < -0.3 is 9.84 Å². The molecule has 2 nitrogen and oxygen atoms in total. The van der Waals surface area contributed by atoms with Crippen LogP contribution in [0.4, 0.5) is 0 Å². The summed E-state index contributed by atoms with van der Waals surface area (Å²) in [5.41, 5.74) is 0.883. The van der Waals surface area contributed by atoms with Crippen LogP contribution in [0.25, 0.3) is 0 Å². The maximum absolute atomic E-state index is 9.24. The lowest BCUT2D eigenvalue weighted by atomic mass is 10.1. The molecule has 0 bridgehead atoms. The average Bonchev–Trinajstić information content (AvgIpc) is 3.16. The van der Waals surface area contributed by atoms with Crippen LogP contribution in [0.2, 0.25) is 0 Å². The maximum atomic E-state index is 9.24. The van der Waals surface area contributed by atoms with E-state index in [1.54, 1.807) is 6.07 Å². The fourth-order valence-electron chi connectivity index (χ4n) is 3.32. The highest BCUT2D eigenvalue weighted by atomic mass is 16.5. The lowest BCUT2D eigenvalue weighted by molar-refractivity contribution is 0.113. The molecule has 0 aromatic heterocycles. The van der Waals surface area contributed by atoms with Crippen LogP contribution in [-0.2, 0) is 6.42 Å². The van der Waals surface area contributed by atoms with Gasteiger partial charge in [-0.3, -0.25) is 0 Å². The monoisotopic (exact) mass is 396 g/mol. The van der Waals surface area contributed by atoms with Gasteiger partial charge in [-0.25, -0.2) is 0 Å². The van der Waals surface area contributed by atoms with Crippen molar-refractivity contribution in [3.63, 3.8) is 0 Å². The minimum absolute atomic E-state index is 0.164. The van der Waals surface area contributed by atoms with E-state index in [9.17, 15) is 5.11 Å². The number of ether oxygens (including phenoxy) is 1. The molecule has 1 N–H and O–H groups in total. The Bertz CT molecular complexity index is 670. The molecule has 0 saturated heterocycles. The standard InChI is InChI=1S/C12H16O.C9H12O.C6H12/c1-4-10-12(2,3)13-11-8-6-5-7-9-11;1-2-5-8-6-3-4-7-9(8)10;1-6-4-2-3-5-6/h4-9H,1,10H2,2-3H3;3-4,6-7,10H,2,5H2,1H3;6H,2-5H2,1H3. The molecule has 2 aromatic rings. The Labute approximate surface area is 178 Å². The van der Waals surface area contributed by atoms with E-state index in [-0.39, 0.29) is 5.60 Å². The van der Waals surface area contributed by atoms with Crippen LogP contribution in [0, 0.1) is 5.92 Å². The summed E-state index contributed by atoms with van der Waals surface area (Å²) in [6.45, 7) is 12.3. The topological polar surface area (TPSA) is 29.5 Å². The van der Waals surface area contributed by atoms with Crippen molar-refractivity contribution in [2.75, 3.05) is 0 Å². The number of aryl methyl sites for hydroxylation is 1. The van der Waals surface area contributed by atoms with Gasteiger partial charge in [0.05, 0.1) is 0 Å². The van der Waals surface area contributed by atoms with Crippen molar-refractivity contribution < 1.29 is 9.84 Å². The number of hydrogen-bond donors (Lipinski definition) is 1. The fraction of sp³-hybridized carbons (Fsp3) is 0.481. The first kappa shape index (κ1) is 24.8. The Kier molecular flexibility index (Phi) is 11.9. The van der Waals surface area contributed by atoms with Crippen LogP contribution < -0.4 is 4.74 Å². The number of rotatable bonds is 6. The van der Waals surface area contributed by atoms with E-state index in [1.807, 2.05) is 54.6 Å². The quantitative estimate of drug-likeness (QED) is 0.502. The lowest BCUT2D eigenvalue weighted by Crippen LogP contribution is -2.27. The highest BCUT2D eigenvalue weighted by Crippen LogP contribution is 2.23. The minimum atomic E-state index is -0.164. The van der Waals surface area contributed by atoms with Crippen molar-refractivity contribution in [1.82, 2.24) is 0 Å². The van der Waals surface area contributed by atoms with E-state index >= 15 is 0 Å². The molecule has 0 unspecified atom stereocenters. The van der Waals surface area contributed by atoms with E-state index in [2.05, 4.69) is 34.3 Å². The van der Waals surface area contributed by atoms with Crippen LogP contribution in [0.1, 0.15) is 71.8 Å². The van der Waals surface area contributed by atoms with Gasteiger partial charge in [-0.15, -0.1) is 6.58 Å². The summed E-state index contributed by atoms with van der Waals surface area (Å²) < 4.78 is 5.77. The van der Waals surface area contributed by atoms with E-state index in [0.717, 1.165) is 36.5 Å². The second-order valence-electron chi connectivity index (χ2n) is 8.44. The number of phenolic OH excluding ortho intramolecular Hbond substituents is 1. The van der Waals surface area contributed by atoms with E-state index in [4.69, 9.17) is 4.74 Å². The highest BCUT2D eigenvalue weighted by Gasteiger charge is 2.17. The average molecular weight is 397 g/mol. The zero-order valence-electron chi connectivity index (χ0n) is 18.9. The van der Waals surface area contributed by atoms with Crippen LogP contribution >= 0.6 is 0 Å². The van der Waals surface area contributed by atoms with Gasteiger partial charge in [0.25, 0.3) is 0 Å². The predicted octanol–water partition coefficient (Wildman–Crippen LogP) is 7.96. The van der Waals surface area contributed by atoms with E-state index in [1.165, 1.54) is 25.7 Å². The van der Waals surface area contributed by atoms with Gasteiger partial charge >= 0.3 is 0 Å². The maximum Gasteiger partial charge on any atom is 0.120 e. The number of hydrogen-bond acceptors (Lipinski definition) is 2. The fourth-order valence-corrected chi connectivity index (χ4v) is 3.32. The summed E-state index contributed by atoms with van der Waals surface area (Å²) >= 11 is 0. The van der Waals surface area contributed by atoms with Gasteiger partial charge in [0, 0.05) is 6.42 Å². The molecule has 0 amide bonds. The molecule has 0 atom stereocenters. The zero-order valence-corrected chi connectivity index (χ0v) is 18.9. The van der Waals surface area contributed by atoms with Crippen LogP contribution in [-0.4, -0.2) is 10.7 Å². The Hall–Kier alpha value is -2.22. The second kappa shape index (κ2) is 13.9. The van der Waals surface area contributed by atoms with Crippen molar-refractivity contribution in [2.24, 2.45) is 5.92 Å². The molecular formula is C27H40O2. The molecule has 0 aliphatic heterocycles. The third-order valence-electron chi connectivity index (χ3n) is 4.93. The van der Waals surface area contributed by atoms with Crippen molar-refractivity contribution in [3.05, 3.63) is 72.8 Å². The van der Waals surface area contributed by atoms with Gasteiger partial charge in [-0.1, -0.05) is 88.4 Å². The highest BCUT2D eigenvalue weighted by molar-refractivity contribution is 5.31. The first-order valence-corrected chi connectivity index (χ1v) is 11.0.